The van der Waals surface area contributed by atoms with Gasteiger partial charge in [-0.1, -0.05) is 59.0 Å². The summed E-state index contributed by atoms with van der Waals surface area (Å²) in [6, 6.07) is 7.33. The summed E-state index contributed by atoms with van der Waals surface area (Å²) in [5.74, 6) is -0.311. The maximum absolute atomic E-state index is 11.4. The minimum Gasteiger partial charge on any atom is -0.465 e. The SMILES string of the molecule is COC(=O)c1ccccc1/C=C\C=C\I. The lowest BCUT2D eigenvalue weighted by Crippen LogP contribution is -2.02. The number of methoxy groups -OCH3 is 1. The summed E-state index contributed by atoms with van der Waals surface area (Å²) >= 11 is 2.14. The molecular weight excluding hydrogens is 303 g/mol. The minimum absolute atomic E-state index is 0.311. The minimum atomic E-state index is -0.311. The molecule has 0 aliphatic heterocycles. The van der Waals surface area contributed by atoms with Gasteiger partial charge in [-0.3, -0.25) is 0 Å². The Morgan fingerprint density at radius 2 is 2.07 bits per heavy atom. The van der Waals surface area contributed by atoms with Gasteiger partial charge in [0, 0.05) is 0 Å². The van der Waals surface area contributed by atoms with E-state index < -0.39 is 0 Å². The molecule has 15 heavy (non-hydrogen) atoms. The largest absolute Gasteiger partial charge is 0.465 e. The van der Waals surface area contributed by atoms with Crippen LogP contribution in [0.4, 0.5) is 0 Å². The monoisotopic (exact) mass is 314 g/mol. The lowest BCUT2D eigenvalue weighted by atomic mass is 10.1. The van der Waals surface area contributed by atoms with Crippen molar-refractivity contribution in [3.8, 4) is 0 Å². The molecule has 0 aliphatic carbocycles. The van der Waals surface area contributed by atoms with E-state index in [0.717, 1.165) is 5.56 Å². The molecule has 3 heteroatoms. The number of benzene rings is 1. The molecule has 0 fully saturated rings. The quantitative estimate of drug-likeness (QED) is 0.485. The van der Waals surface area contributed by atoms with Crippen molar-refractivity contribution in [2.45, 2.75) is 0 Å². The van der Waals surface area contributed by atoms with Crippen LogP contribution in [-0.4, -0.2) is 13.1 Å². The summed E-state index contributed by atoms with van der Waals surface area (Å²) in [6.07, 6.45) is 5.66. The number of carbonyl (C=O) groups excluding carboxylic acids is 1. The van der Waals surface area contributed by atoms with E-state index >= 15 is 0 Å². The molecule has 0 amide bonds. The third kappa shape index (κ3) is 3.51. The molecule has 0 aromatic heterocycles. The summed E-state index contributed by atoms with van der Waals surface area (Å²) in [5, 5.41) is 0. The van der Waals surface area contributed by atoms with Gasteiger partial charge in [0.05, 0.1) is 12.7 Å². The molecule has 0 bridgehead atoms. The van der Waals surface area contributed by atoms with E-state index in [1.165, 1.54) is 7.11 Å². The van der Waals surface area contributed by atoms with Gasteiger partial charge in [-0.05, 0) is 15.7 Å². The molecule has 1 aromatic rings. The number of ether oxygens (including phenoxy) is 1. The van der Waals surface area contributed by atoms with Gasteiger partial charge >= 0.3 is 5.97 Å². The molecule has 2 nitrogen and oxygen atoms in total. The molecule has 0 saturated heterocycles. The van der Waals surface area contributed by atoms with Crippen LogP contribution in [0.25, 0.3) is 6.08 Å². The maximum Gasteiger partial charge on any atom is 0.338 e. The average molecular weight is 314 g/mol. The predicted molar refractivity (Wildman–Crippen MR) is 70.0 cm³/mol. The van der Waals surface area contributed by atoms with E-state index in [2.05, 4.69) is 22.6 Å². The van der Waals surface area contributed by atoms with Crippen molar-refractivity contribution in [1.82, 2.24) is 0 Å². The zero-order valence-corrected chi connectivity index (χ0v) is 10.5. The number of esters is 1. The molecule has 0 saturated carbocycles. The highest BCUT2D eigenvalue weighted by molar-refractivity contribution is 14.1. The van der Waals surface area contributed by atoms with Crippen molar-refractivity contribution >= 4 is 34.6 Å². The summed E-state index contributed by atoms with van der Waals surface area (Å²) in [4.78, 5) is 11.4. The fourth-order valence-electron chi connectivity index (χ4n) is 1.14. The van der Waals surface area contributed by atoms with Gasteiger partial charge in [-0.2, -0.15) is 0 Å². The van der Waals surface area contributed by atoms with E-state index in [-0.39, 0.29) is 5.97 Å². The molecule has 1 rings (SSSR count). The Balaban J connectivity index is 3.01. The molecule has 0 radical (unpaired) electrons. The third-order valence-electron chi connectivity index (χ3n) is 1.83. The van der Waals surface area contributed by atoms with Gasteiger partial charge in [0.15, 0.2) is 0 Å². The van der Waals surface area contributed by atoms with Crippen LogP contribution in [0.3, 0.4) is 0 Å². The smallest absolute Gasteiger partial charge is 0.338 e. The zero-order chi connectivity index (χ0) is 11.1. The highest BCUT2D eigenvalue weighted by Crippen LogP contribution is 2.11. The Bertz CT molecular complexity index is 394. The number of allylic oxidation sites excluding steroid dienone is 2. The van der Waals surface area contributed by atoms with Gasteiger partial charge in [-0.25, -0.2) is 4.79 Å². The topological polar surface area (TPSA) is 26.3 Å². The maximum atomic E-state index is 11.4. The number of hydrogen-bond acceptors (Lipinski definition) is 2. The Morgan fingerprint density at radius 1 is 1.33 bits per heavy atom. The molecule has 0 heterocycles. The zero-order valence-electron chi connectivity index (χ0n) is 8.31. The first kappa shape index (κ1) is 12.0. The third-order valence-corrected chi connectivity index (χ3v) is 2.24. The molecule has 78 valence electrons. The fourth-order valence-corrected chi connectivity index (χ4v) is 1.38. The highest BCUT2D eigenvalue weighted by atomic mass is 127. The van der Waals surface area contributed by atoms with Crippen molar-refractivity contribution in [1.29, 1.82) is 0 Å². The molecule has 0 unspecified atom stereocenters. The van der Waals surface area contributed by atoms with Gasteiger partial charge in [0.1, 0.15) is 0 Å². The molecule has 0 spiro atoms. The Morgan fingerprint density at radius 3 is 2.73 bits per heavy atom. The highest BCUT2D eigenvalue weighted by Gasteiger charge is 2.07. The summed E-state index contributed by atoms with van der Waals surface area (Å²) in [5.41, 5.74) is 1.44. The Kier molecular flexibility index (Phi) is 5.10. The molecule has 0 atom stereocenters. The van der Waals surface area contributed by atoms with Crippen molar-refractivity contribution in [2.75, 3.05) is 7.11 Å². The Labute approximate surface area is 103 Å². The van der Waals surface area contributed by atoms with Crippen LogP contribution < -0.4 is 0 Å². The van der Waals surface area contributed by atoms with Crippen LogP contribution in [0.2, 0.25) is 0 Å². The average Bonchev–Trinajstić information content (AvgIpc) is 2.29. The van der Waals surface area contributed by atoms with Crippen LogP contribution in [0.1, 0.15) is 15.9 Å². The van der Waals surface area contributed by atoms with Crippen LogP contribution in [-0.2, 0) is 4.74 Å². The first-order valence-electron chi connectivity index (χ1n) is 4.40. The summed E-state index contributed by atoms with van der Waals surface area (Å²) in [7, 11) is 1.38. The fraction of sp³-hybridized carbons (Fsp3) is 0.0833. The van der Waals surface area contributed by atoms with Crippen molar-refractivity contribution in [3.05, 3.63) is 51.6 Å². The summed E-state index contributed by atoms with van der Waals surface area (Å²) in [6.45, 7) is 0. The van der Waals surface area contributed by atoms with E-state index in [9.17, 15) is 4.79 Å². The lowest BCUT2D eigenvalue weighted by molar-refractivity contribution is 0.0600. The molecular formula is C12H11IO2. The van der Waals surface area contributed by atoms with E-state index in [4.69, 9.17) is 4.74 Å². The Hall–Kier alpha value is -1.10. The van der Waals surface area contributed by atoms with Gasteiger partial charge < -0.3 is 4.74 Å². The van der Waals surface area contributed by atoms with Crippen molar-refractivity contribution < 1.29 is 9.53 Å². The van der Waals surface area contributed by atoms with Gasteiger partial charge in [-0.15, -0.1) is 0 Å². The van der Waals surface area contributed by atoms with Crippen LogP contribution in [0.5, 0.6) is 0 Å². The van der Waals surface area contributed by atoms with Crippen molar-refractivity contribution in [2.24, 2.45) is 0 Å². The number of halogens is 1. The number of rotatable bonds is 3. The molecule has 0 N–H and O–H groups in total. The number of hydrogen-bond donors (Lipinski definition) is 0. The first-order chi connectivity index (χ1) is 7.29. The lowest BCUT2D eigenvalue weighted by Gasteiger charge is -2.02. The number of carbonyl (C=O) groups is 1. The van der Waals surface area contributed by atoms with Gasteiger partial charge in [0.25, 0.3) is 0 Å². The standard InChI is InChI=1S/C12H11IO2/c1-15-12(14)11-8-3-2-6-10(11)7-4-5-9-13/h2-9H,1H3/b7-4-,9-5+. The second-order valence-electron chi connectivity index (χ2n) is 2.76. The van der Waals surface area contributed by atoms with Crippen LogP contribution >= 0.6 is 22.6 Å². The first-order valence-corrected chi connectivity index (χ1v) is 5.65. The van der Waals surface area contributed by atoms with Crippen LogP contribution in [0, 0.1) is 0 Å². The van der Waals surface area contributed by atoms with E-state index in [0.29, 0.717) is 5.56 Å². The second kappa shape index (κ2) is 6.40. The van der Waals surface area contributed by atoms with Crippen LogP contribution in [0.15, 0.2) is 40.5 Å². The van der Waals surface area contributed by atoms with E-state index in [1.807, 2.05) is 40.5 Å². The molecule has 0 aliphatic rings. The van der Waals surface area contributed by atoms with E-state index in [1.54, 1.807) is 6.07 Å². The van der Waals surface area contributed by atoms with Gasteiger partial charge in [0.2, 0.25) is 0 Å². The summed E-state index contributed by atoms with van der Waals surface area (Å²) < 4.78 is 6.59. The second-order valence-corrected chi connectivity index (χ2v) is 3.48. The normalized spacial score (nSPS) is 11.1. The molecule has 1 aromatic carbocycles. The predicted octanol–water partition coefficient (Wildman–Crippen LogP) is 3.44. The van der Waals surface area contributed by atoms with Crippen molar-refractivity contribution in [3.63, 3.8) is 0 Å².